The number of hydrogen-bond acceptors (Lipinski definition) is 10. The van der Waals surface area contributed by atoms with Gasteiger partial charge in [0.2, 0.25) is 5.95 Å². The molecule has 0 aromatic carbocycles. The first-order valence-electron chi connectivity index (χ1n) is 7.62. The third-order valence-electron chi connectivity index (χ3n) is 3.23. The summed E-state index contributed by atoms with van der Waals surface area (Å²) in [6.45, 7) is 1.74. The summed E-state index contributed by atoms with van der Waals surface area (Å²) in [6, 6.07) is 0. The lowest BCUT2D eigenvalue weighted by molar-refractivity contribution is 0.0783. The summed E-state index contributed by atoms with van der Waals surface area (Å²) in [7, 11) is -15.8. The number of nitrogens with zero attached hydrogens (tertiary/aromatic N) is 3. The summed E-state index contributed by atoms with van der Waals surface area (Å²) in [6.07, 6.45) is -0.161. The van der Waals surface area contributed by atoms with E-state index in [1.807, 2.05) is 0 Å². The van der Waals surface area contributed by atoms with Crippen molar-refractivity contribution in [3.63, 3.8) is 0 Å². The molecule has 19 heteroatoms. The summed E-state index contributed by atoms with van der Waals surface area (Å²) < 4.78 is 47.5. The molecule has 3 atom stereocenters. The number of rotatable bonds is 10. The number of phosphoric acid groups is 2. The third kappa shape index (κ3) is 7.39. The lowest BCUT2D eigenvalue weighted by Gasteiger charge is -2.19. The van der Waals surface area contributed by atoms with Crippen LogP contribution >= 0.6 is 23.2 Å². The fourth-order valence-corrected chi connectivity index (χ4v) is 5.48. The Labute approximate surface area is 162 Å². The quantitative estimate of drug-likeness (QED) is 0.244. The second-order valence-corrected chi connectivity index (χ2v) is 10.5. The predicted octanol–water partition coefficient (Wildman–Crippen LogP) is -0.134. The minimum absolute atomic E-state index is 0.0739. The SMILES string of the molecule is C[C@H](CCn1cnc2c(=O)[nH]c(N)nc21)OCP(=O)(O)OP(=O)(O)OP(=O)(O)O. The van der Waals surface area contributed by atoms with E-state index in [1.54, 1.807) is 0 Å². The Bertz CT molecular complexity index is 1080. The number of fused-ring (bicyclic) bond motifs is 1. The van der Waals surface area contributed by atoms with E-state index in [2.05, 4.69) is 23.6 Å². The van der Waals surface area contributed by atoms with Crippen LogP contribution in [0.5, 0.6) is 0 Å². The van der Waals surface area contributed by atoms with Crippen LogP contribution in [0.1, 0.15) is 13.3 Å². The number of imidazole rings is 1. The topological polar surface area (TPSA) is 249 Å². The highest BCUT2D eigenvalue weighted by Gasteiger charge is 2.39. The summed E-state index contributed by atoms with van der Waals surface area (Å²) in [4.78, 5) is 57.4. The molecule has 2 aromatic rings. The van der Waals surface area contributed by atoms with Crippen molar-refractivity contribution in [2.45, 2.75) is 26.0 Å². The molecule has 2 heterocycles. The van der Waals surface area contributed by atoms with E-state index in [9.17, 15) is 23.4 Å². The molecule has 16 nitrogen and oxygen atoms in total. The van der Waals surface area contributed by atoms with Crippen LogP contribution in [0.3, 0.4) is 0 Å². The fourth-order valence-electron chi connectivity index (χ4n) is 2.09. The van der Waals surface area contributed by atoms with Gasteiger partial charge < -0.3 is 34.6 Å². The third-order valence-corrected chi connectivity index (χ3v) is 7.23. The van der Waals surface area contributed by atoms with E-state index in [-0.39, 0.29) is 30.1 Å². The van der Waals surface area contributed by atoms with Crippen molar-refractivity contribution in [1.29, 1.82) is 0 Å². The molecule has 2 rings (SSSR count). The Hall–Kier alpha value is -1.44. The first-order valence-corrected chi connectivity index (χ1v) is 12.4. The molecule has 0 saturated carbocycles. The van der Waals surface area contributed by atoms with E-state index in [0.717, 1.165) is 0 Å². The average molecular weight is 477 g/mol. The van der Waals surface area contributed by atoms with Crippen LogP contribution in [0.25, 0.3) is 11.2 Å². The minimum atomic E-state index is -5.51. The lowest BCUT2D eigenvalue weighted by atomic mass is 10.3. The molecule has 0 aliphatic carbocycles. The molecule has 0 spiro atoms. The van der Waals surface area contributed by atoms with Crippen LogP contribution < -0.4 is 11.3 Å². The molecule has 0 aliphatic rings. The molecule has 0 aliphatic heterocycles. The van der Waals surface area contributed by atoms with E-state index in [0.29, 0.717) is 0 Å². The highest BCUT2D eigenvalue weighted by Crippen LogP contribution is 2.65. The zero-order valence-electron chi connectivity index (χ0n) is 14.7. The van der Waals surface area contributed by atoms with Crippen LogP contribution in [0.2, 0.25) is 0 Å². The molecule has 0 saturated heterocycles. The van der Waals surface area contributed by atoms with Gasteiger partial charge in [-0.2, -0.15) is 9.29 Å². The van der Waals surface area contributed by atoms with Crippen LogP contribution in [-0.4, -0.2) is 51.5 Å². The molecule has 2 unspecified atom stereocenters. The maximum atomic E-state index is 11.8. The Morgan fingerprint density at radius 1 is 1.24 bits per heavy atom. The van der Waals surface area contributed by atoms with E-state index >= 15 is 0 Å². The summed E-state index contributed by atoms with van der Waals surface area (Å²) in [5.74, 6) is -0.0992. The van der Waals surface area contributed by atoms with E-state index < -0.39 is 41.3 Å². The normalized spacial score (nSPS) is 17.7. The van der Waals surface area contributed by atoms with Gasteiger partial charge >= 0.3 is 23.2 Å². The van der Waals surface area contributed by atoms with E-state index in [4.69, 9.17) is 25.2 Å². The van der Waals surface area contributed by atoms with Crippen LogP contribution in [0.15, 0.2) is 11.1 Å². The number of anilines is 1. The summed E-state index contributed by atoms with van der Waals surface area (Å²) in [5.41, 5.74) is 5.27. The number of aryl methyl sites for hydroxylation is 1. The van der Waals surface area contributed by atoms with Gasteiger partial charge in [0.15, 0.2) is 11.2 Å². The molecule has 7 N–H and O–H groups in total. The smallest absolute Gasteiger partial charge is 0.369 e. The number of nitrogens with two attached hydrogens (primary N) is 1. The number of aromatic nitrogens is 4. The van der Waals surface area contributed by atoms with Gasteiger partial charge in [-0.1, -0.05) is 0 Å². The highest BCUT2D eigenvalue weighted by atomic mass is 31.3. The monoisotopic (exact) mass is 477 g/mol. The summed E-state index contributed by atoms with van der Waals surface area (Å²) in [5, 5.41) is 0. The number of nitrogen functional groups attached to an aromatic ring is 1. The van der Waals surface area contributed by atoms with Crippen molar-refractivity contribution in [2.75, 3.05) is 12.1 Å². The predicted molar refractivity (Wildman–Crippen MR) is 96.5 cm³/mol. The van der Waals surface area contributed by atoms with Crippen LogP contribution in [0, 0.1) is 0 Å². The number of H-pyrrole nitrogens is 1. The molecule has 0 radical (unpaired) electrons. The molecule has 164 valence electrons. The second kappa shape index (κ2) is 8.74. The Balaban J connectivity index is 1.92. The maximum Gasteiger partial charge on any atom is 0.488 e. The second-order valence-electron chi connectivity index (χ2n) is 5.72. The molecule has 0 fully saturated rings. The Morgan fingerprint density at radius 2 is 1.90 bits per heavy atom. The van der Waals surface area contributed by atoms with Gasteiger partial charge in [-0.05, 0) is 13.3 Å². The van der Waals surface area contributed by atoms with Gasteiger partial charge in [0.1, 0.15) is 6.35 Å². The summed E-state index contributed by atoms with van der Waals surface area (Å²) >= 11 is 0. The molecular weight excluding hydrogens is 459 g/mol. The number of nitrogens with one attached hydrogen (secondary N) is 1. The zero-order valence-corrected chi connectivity index (χ0v) is 17.4. The van der Waals surface area contributed by atoms with Crippen molar-refractivity contribution >= 4 is 40.4 Å². The van der Waals surface area contributed by atoms with Crippen molar-refractivity contribution < 1.29 is 46.6 Å². The van der Waals surface area contributed by atoms with Gasteiger partial charge in [-0.25, -0.2) is 18.4 Å². The molecule has 29 heavy (non-hydrogen) atoms. The standard InChI is InChI=1S/C10H18N5O11P3/c1-6(24-5-27(17,18)25-29(22,23)26-28(19,20)21)2-3-15-4-12-7-8(15)13-10(11)14-9(7)16/h4,6H,2-3,5H2,1H3,(H,17,18)(H,22,23)(H2,19,20,21)(H3,11,13,14,16)/t6-/m1/s1. The van der Waals surface area contributed by atoms with Crippen molar-refractivity contribution in [3.8, 4) is 0 Å². The fraction of sp³-hybridized carbons (Fsp3) is 0.500. The van der Waals surface area contributed by atoms with E-state index in [1.165, 1.54) is 17.8 Å². The molecule has 0 bridgehead atoms. The van der Waals surface area contributed by atoms with Gasteiger partial charge in [0, 0.05) is 6.54 Å². The minimum Gasteiger partial charge on any atom is -0.369 e. The average Bonchev–Trinajstić information content (AvgIpc) is 2.90. The van der Waals surface area contributed by atoms with Gasteiger partial charge in [0.05, 0.1) is 12.4 Å². The van der Waals surface area contributed by atoms with Crippen molar-refractivity contribution in [3.05, 3.63) is 16.7 Å². The largest absolute Gasteiger partial charge is 0.488 e. The first-order chi connectivity index (χ1) is 13.2. The van der Waals surface area contributed by atoms with Gasteiger partial charge in [-0.3, -0.25) is 14.3 Å². The zero-order chi connectivity index (χ0) is 22.0. The van der Waals surface area contributed by atoms with Gasteiger partial charge in [0.25, 0.3) is 5.56 Å². The molecule has 2 aromatic heterocycles. The maximum absolute atomic E-state index is 11.8. The van der Waals surface area contributed by atoms with Crippen molar-refractivity contribution in [2.24, 2.45) is 0 Å². The first kappa shape index (κ1) is 23.8. The number of hydrogen-bond donors (Lipinski definition) is 6. The Kier molecular flexibility index (Phi) is 7.18. The molecular formula is C10H18N5O11P3. The number of ether oxygens (including phenoxy) is 1. The highest BCUT2D eigenvalue weighted by molar-refractivity contribution is 7.68. The van der Waals surface area contributed by atoms with Crippen LogP contribution in [-0.2, 0) is 33.6 Å². The number of aromatic amines is 1. The van der Waals surface area contributed by atoms with Crippen molar-refractivity contribution in [1.82, 2.24) is 19.5 Å². The van der Waals surface area contributed by atoms with Crippen LogP contribution in [0.4, 0.5) is 5.95 Å². The lowest BCUT2D eigenvalue weighted by Crippen LogP contribution is -2.15. The van der Waals surface area contributed by atoms with Gasteiger partial charge in [-0.15, -0.1) is 0 Å². The molecule has 0 amide bonds. The Morgan fingerprint density at radius 3 is 2.52 bits per heavy atom.